The van der Waals surface area contributed by atoms with Crippen LogP contribution in [0.2, 0.25) is 0 Å². The number of benzene rings is 2. The molecule has 0 bridgehead atoms. The topological polar surface area (TPSA) is 148 Å². The number of nitrogens with zero attached hydrogens (tertiary/aromatic N) is 4. The van der Waals surface area contributed by atoms with E-state index in [0.717, 1.165) is 4.57 Å². The van der Waals surface area contributed by atoms with Gasteiger partial charge in [0.1, 0.15) is 11.9 Å². The van der Waals surface area contributed by atoms with Gasteiger partial charge in [0.25, 0.3) is 11.1 Å². The first kappa shape index (κ1) is 19.2. The average Bonchev–Trinajstić information content (AvgIpc) is 3.22. The first-order valence-electron chi connectivity index (χ1n) is 9.55. The minimum Gasteiger partial charge on any atom is -0.323 e. The number of fused-ring (bicyclic) bond motifs is 2. The molecule has 0 spiro atoms. The van der Waals surface area contributed by atoms with Crippen LogP contribution in [-0.4, -0.2) is 35.2 Å². The first-order valence-corrected chi connectivity index (χ1v) is 9.55. The van der Waals surface area contributed by atoms with Crippen LogP contribution in [0, 0.1) is 0 Å². The maximum Gasteiger partial charge on any atom is 0.329 e. The van der Waals surface area contributed by atoms with Gasteiger partial charge >= 0.3 is 5.69 Å². The van der Waals surface area contributed by atoms with Crippen molar-refractivity contribution in [1.29, 1.82) is 0 Å². The maximum atomic E-state index is 12.7. The summed E-state index contributed by atoms with van der Waals surface area (Å²) in [6, 6.07) is 13.4. The fraction of sp³-hybridized carbons (Fsp3) is 0.0476. The van der Waals surface area contributed by atoms with Crippen molar-refractivity contribution in [2.45, 2.75) is 6.54 Å². The van der Waals surface area contributed by atoms with Gasteiger partial charge in [-0.25, -0.2) is 14.5 Å². The smallest absolute Gasteiger partial charge is 0.323 e. The van der Waals surface area contributed by atoms with Crippen LogP contribution in [0.3, 0.4) is 0 Å². The van der Waals surface area contributed by atoms with E-state index >= 15 is 0 Å². The van der Waals surface area contributed by atoms with Gasteiger partial charge in [0.2, 0.25) is 5.91 Å². The summed E-state index contributed by atoms with van der Waals surface area (Å²) in [5, 5.41) is 7.52. The largest absolute Gasteiger partial charge is 0.329 e. The molecule has 0 aliphatic heterocycles. The van der Waals surface area contributed by atoms with Crippen molar-refractivity contribution in [3.63, 3.8) is 0 Å². The van der Waals surface area contributed by atoms with E-state index in [1.54, 1.807) is 48.5 Å². The van der Waals surface area contributed by atoms with Gasteiger partial charge in [0, 0.05) is 0 Å². The Kier molecular flexibility index (Phi) is 4.48. The highest BCUT2D eigenvalue weighted by atomic mass is 16.2. The SMILES string of the molecule is O=C(Cn1c(=O)[nH]c2ccccc2c1=O)Nc1ccccc1-n1ncc2c(=O)[nH]cnc21. The Labute approximate surface area is 178 Å². The van der Waals surface area contributed by atoms with Crippen molar-refractivity contribution in [1.82, 2.24) is 29.3 Å². The molecule has 0 atom stereocenters. The highest BCUT2D eigenvalue weighted by molar-refractivity contribution is 5.93. The number of amides is 1. The molecule has 32 heavy (non-hydrogen) atoms. The summed E-state index contributed by atoms with van der Waals surface area (Å²) >= 11 is 0. The number of rotatable bonds is 4. The van der Waals surface area contributed by atoms with Gasteiger partial charge in [-0.1, -0.05) is 24.3 Å². The van der Waals surface area contributed by atoms with Crippen molar-refractivity contribution in [3.8, 4) is 5.69 Å². The van der Waals surface area contributed by atoms with Crippen molar-refractivity contribution in [2.24, 2.45) is 0 Å². The van der Waals surface area contributed by atoms with Crippen LogP contribution in [0.1, 0.15) is 0 Å². The maximum absolute atomic E-state index is 12.7. The Morgan fingerprint density at radius 2 is 1.78 bits per heavy atom. The lowest BCUT2D eigenvalue weighted by Crippen LogP contribution is -2.38. The molecule has 0 saturated heterocycles. The zero-order valence-electron chi connectivity index (χ0n) is 16.4. The van der Waals surface area contributed by atoms with Crippen LogP contribution < -0.4 is 22.1 Å². The summed E-state index contributed by atoms with van der Waals surface area (Å²) in [6.45, 7) is -0.481. The van der Waals surface area contributed by atoms with Crippen LogP contribution in [0.25, 0.3) is 27.6 Å². The van der Waals surface area contributed by atoms with E-state index in [1.807, 2.05) is 0 Å². The Morgan fingerprint density at radius 1 is 1.00 bits per heavy atom. The summed E-state index contributed by atoms with van der Waals surface area (Å²) < 4.78 is 2.26. The molecule has 0 aliphatic rings. The quantitative estimate of drug-likeness (QED) is 0.384. The lowest BCUT2D eigenvalue weighted by molar-refractivity contribution is -0.116. The normalized spacial score (nSPS) is 11.1. The lowest BCUT2D eigenvalue weighted by Gasteiger charge is -2.12. The third kappa shape index (κ3) is 3.17. The van der Waals surface area contributed by atoms with Crippen molar-refractivity contribution >= 4 is 33.5 Å². The minimum absolute atomic E-state index is 0.294. The number of hydrogen-bond donors (Lipinski definition) is 3. The lowest BCUT2D eigenvalue weighted by atomic mass is 10.2. The zero-order valence-corrected chi connectivity index (χ0v) is 16.4. The van der Waals surface area contributed by atoms with Gasteiger partial charge in [0.05, 0.1) is 34.8 Å². The fourth-order valence-corrected chi connectivity index (χ4v) is 3.47. The van der Waals surface area contributed by atoms with Crippen LogP contribution in [0.15, 0.2) is 75.4 Å². The Bertz CT molecular complexity index is 1680. The van der Waals surface area contributed by atoms with Crippen LogP contribution in [0.5, 0.6) is 0 Å². The summed E-state index contributed by atoms with van der Waals surface area (Å²) in [4.78, 5) is 59.0. The molecule has 5 aromatic rings. The number of aromatic nitrogens is 6. The molecule has 0 unspecified atom stereocenters. The molecule has 11 nitrogen and oxygen atoms in total. The first-order chi connectivity index (χ1) is 15.5. The third-order valence-electron chi connectivity index (χ3n) is 4.97. The van der Waals surface area contributed by atoms with Crippen molar-refractivity contribution in [3.05, 3.63) is 92.2 Å². The van der Waals surface area contributed by atoms with E-state index in [0.29, 0.717) is 33.3 Å². The summed E-state index contributed by atoms with van der Waals surface area (Å²) in [6.07, 6.45) is 2.65. The molecule has 1 amide bonds. The van der Waals surface area contributed by atoms with Gasteiger partial charge in [-0.05, 0) is 24.3 Å². The number of H-pyrrole nitrogens is 2. The Hall–Kier alpha value is -4.80. The standard InChI is InChI=1S/C21H15N7O4/c29-17(10-27-20(31)12-5-1-2-6-14(12)26-21(27)32)25-15-7-3-4-8-16(15)28-18-13(9-24-28)19(30)23-11-22-18/h1-9,11H,10H2,(H,25,29)(H,26,32)(H,22,23,30). The summed E-state index contributed by atoms with van der Waals surface area (Å²) in [5.74, 6) is -0.581. The van der Waals surface area contributed by atoms with Gasteiger partial charge in [-0.15, -0.1) is 0 Å². The van der Waals surface area contributed by atoms with Gasteiger partial charge in [-0.2, -0.15) is 5.10 Å². The van der Waals surface area contributed by atoms with E-state index < -0.39 is 23.7 Å². The molecule has 0 radical (unpaired) electrons. The van der Waals surface area contributed by atoms with E-state index in [4.69, 9.17) is 0 Å². The zero-order chi connectivity index (χ0) is 22.2. The van der Waals surface area contributed by atoms with Crippen LogP contribution in [-0.2, 0) is 11.3 Å². The third-order valence-corrected chi connectivity index (χ3v) is 4.97. The molecule has 3 N–H and O–H groups in total. The number of carbonyl (C=O) groups excluding carboxylic acids is 1. The van der Waals surface area contributed by atoms with E-state index in [9.17, 15) is 19.2 Å². The molecular formula is C21H15N7O4. The Morgan fingerprint density at radius 3 is 2.66 bits per heavy atom. The van der Waals surface area contributed by atoms with Crippen molar-refractivity contribution < 1.29 is 4.79 Å². The number of anilines is 1. The number of nitrogens with one attached hydrogen (secondary N) is 3. The molecule has 3 aromatic heterocycles. The summed E-state index contributed by atoms with van der Waals surface area (Å²) in [5.41, 5.74) is -0.0238. The van der Waals surface area contributed by atoms with E-state index in [1.165, 1.54) is 17.2 Å². The molecule has 0 aliphatic carbocycles. The van der Waals surface area contributed by atoms with E-state index in [2.05, 4.69) is 25.4 Å². The molecular weight excluding hydrogens is 414 g/mol. The van der Waals surface area contributed by atoms with Crippen LogP contribution >= 0.6 is 0 Å². The number of aromatic amines is 2. The molecule has 0 fully saturated rings. The molecule has 158 valence electrons. The van der Waals surface area contributed by atoms with Gasteiger partial charge in [-0.3, -0.25) is 19.0 Å². The van der Waals surface area contributed by atoms with Crippen molar-refractivity contribution in [2.75, 3.05) is 5.32 Å². The minimum atomic E-state index is -0.682. The molecule has 3 heterocycles. The number of para-hydroxylation sites is 3. The van der Waals surface area contributed by atoms with Gasteiger partial charge in [0.15, 0.2) is 5.65 Å². The average molecular weight is 429 g/mol. The predicted molar refractivity (Wildman–Crippen MR) is 117 cm³/mol. The molecule has 2 aromatic carbocycles. The predicted octanol–water partition coefficient (Wildman–Crippen LogP) is 0.751. The van der Waals surface area contributed by atoms with Crippen LogP contribution in [0.4, 0.5) is 5.69 Å². The summed E-state index contributed by atoms with van der Waals surface area (Å²) in [7, 11) is 0. The number of hydrogen-bond acceptors (Lipinski definition) is 6. The highest BCUT2D eigenvalue weighted by Gasteiger charge is 2.15. The Balaban J connectivity index is 1.50. The molecule has 0 saturated carbocycles. The second kappa shape index (κ2) is 7.47. The highest BCUT2D eigenvalue weighted by Crippen LogP contribution is 2.22. The monoisotopic (exact) mass is 429 g/mol. The molecule has 11 heteroatoms. The number of carbonyl (C=O) groups is 1. The molecule has 5 rings (SSSR count). The fourth-order valence-electron chi connectivity index (χ4n) is 3.47. The second-order valence-electron chi connectivity index (χ2n) is 6.96. The van der Waals surface area contributed by atoms with Gasteiger partial charge < -0.3 is 15.3 Å². The van der Waals surface area contributed by atoms with E-state index in [-0.39, 0.29) is 5.56 Å². The second-order valence-corrected chi connectivity index (χ2v) is 6.96.